The van der Waals surface area contributed by atoms with E-state index in [2.05, 4.69) is 41.4 Å². The van der Waals surface area contributed by atoms with Crippen molar-refractivity contribution in [2.75, 3.05) is 37.8 Å². The molecule has 2 rings (SSSR count). The number of carbonyl (C=O) groups excluding carboxylic acids is 1. The van der Waals surface area contributed by atoms with E-state index in [-0.39, 0.29) is 5.91 Å². The van der Waals surface area contributed by atoms with Crippen LogP contribution in [-0.4, -0.2) is 48.0 Å². The molecule has 0 aliphatic rings. The first-order valence-electron chi connectivity index (χ1n) is 7.24. The highest BCUT2D eigenvalue weighted by molar-refractivity contribution is 9.10. The van der Waals surface area contributed by atoms with Crippen molar-refractivity contribution in [3.8, 4) is 0 Å². The molecule has 0 fully saturated rings. The molecule has 0 atom stereocenters. The van der Waals surface area contributed by atoms with Gasteiger partial charge in [-0.1, -0.05) is 15.9 Å². The van der Waals surface area contributed by atoms with Crippen molar-refractivity contribution < 1.29 is 4.79 Å². The van der Waals surface area contributed by atoms with Crippen LogP contribution in [0.5, 0.6) is 0 Å². The number of amides is 1. The van der Waals surface area contributed by atoms with Crippen molar-refractivity contribution >= 4 is 33.5 Å². The zero-order chi connectivity index (χ0) is 16.8. The van der Waals surface area contributed by atoms with Gasteiger partial charge >= 0.3 is 0 Å². The number of aryl methyl sites for hydroxylation is 1. The fourth-order valence-electron chi connectivity index (χ4n) is 1.85. The Morgan fingerprint density at radius 1 is 1.26 bits per heavy atom. The second-order valence-corrected chi connectivity index (χ2v) is 6.30. The molecule has 0 unspecified atom stereocenters. The van der Waals surface area contributed by atoms with Gasteiger partial charge in [0.1, 0.15) is 0 Å². The lowest BCUT2D eigenvalue weighted by Gasteiger charge is -2.10. The van der Waals surface area contributed by atoms with Crippen molar-refractivity contribution in [2.45, 2.75) is 6.92 Å². The number of nitrogens with zero attached hydrogens (tertiary/aromatic N) is 3. The van der Waals surface area contributed by atoms with Gasteiger partial charge in [-0.2, -0.15) is 0 Å². The van der Waals surface area contributed by atoms with E-state index < -0.39 is 0 Å². The lowest BCUT2D eigenvalue weighted by molar-refractivity contribution is 0.102. The summed E-state index contributed by atoms with van der Waals surface area (Å²) in [7, 11) is 4.00. The monoisotopic (exact) mass is 377 g/mol. The Morgan fingerprint density at radius 2 is 1.96 bits per heavy atom. The number of rotatable bonds is 6. The normalized spacial score (nSPS) is 10.7. The summed E-state index contributed by atoms with van der Waals surface area (Å²) in [5.74, 6) is 0.287. The first kappa shape index (κ1) is 17.4. The number of anilines is 2. The number of benzene rings is 1. The summed E-state index contributed by atoms with van der Waals surface area (Å²) in [6.45, 7) is 3.60. The Balaban J connectivity index is 1.95. The number of hydrogen-bond acceptors (Lipinski definition) is 5. The molecule has 2 aromatic rings. The topological polar surface area (TPSA) is 70.2 Å². The van der Waals surface area contributed by atoms with Gasteiger partial charge in [0, 0.05) is 35.6 Å². The quantitative estimate of drug-likeness (QED) is 0.809. The highest BCUT2D eigenvalue weighted by Gasteiger charge is 2.08. The average molecular weight is 378 g/mol. The SMILES string of the molecule is Cc1cc(NC(=O)c2cnc(NCCN(C)C)nc2)ccc1Br. The van der Waals surface area contributed by atoms with Crippen LogP contribution in [0.3, 0.4) is 0 Å². The maximum atomic E-state index is 12.2. The Bertz CT molecular complexity index is 673. The van der Waals surface area contributed by atoms with Gasteiger partial charge in [0.2, 0.25) is 5.95 Å². The minimum absolute atomic E-state index is 0.230. The zero-order valence-electron chi connectivity index (χ0n) is 13.4. The van der Waals surface area contributed by atoms with Gasteiger partial charge in [-0.3, -0.25) is 4.79 Å². The van der Waals surface area contributed by atoms with E-state index >= 15 is 0 Å². The fraction of sp³-hybridized carbons (Fsp3) is 0.312. The molecule has 0 radical (unpaired) electrons. The van der Waals surface area contributed by atoms with Gasteiger partial charge in [0.25, 0.3) is 5.91 Å². The van der Waals surface area contributed by atoms with Crippen LogP contribution in [0.25, 0.3) is 0 Å². The molecule has 7 heteroatoms. The second kappa shape index (κ2) is 8.03. The van der Waals surface area contributed by atoms with Crippen molar-refractivity contribution in [3.05, 3.63) is 46.2 Å². The summed E-state index contributed by atoms with van der Waals surface area (Å²) in [4.78, 5) is 22.6. The number of halogens is 1. The van der Waals surface area contributed by atoms with E-state index in [4.69, 9.17) is 0 Å². The molecule has 0 aliphatic heterocycles. The number of carbonyl (C=O) groups is 1. The summed E-state index contributed by atoms with van der Waals surface area (Å²) >= 11 is 3.44. The summed E-state index contributed by atoms with van der Waals surface area (Å²) in [6, 6.07) is 5.65. The van der Waals surface area contributed by atoms with Crippen LogP contribution in [0.4, 0.5) is 11.6 Å². The molecule has 0 saturated heterocycles. The second-order valence-electron chi connectivity index (χ2n) is 5.44. The van der Waals surface area contributed by atoms with Gasteiger partial charge in [0.15, 0.2) is 0 Å². The number of nitrogens with one attached hydrogen (secondary N) is 2. The lowest BCUT2D eigenvalue weighted by Crippen LogP contribution is -2.21. The molecule has 0 aliphatic carbocycles. The van der Waals surface area contributed by atoms with E-state index in [0.29, 0.717) is 11.5 Å². The molecule has 122 valence electrons. The molecular weight excluding hydrogens is 358 g/mol. The average Bonchev–Trinajstić information content (AvgIpc) is 2.51. The minimum Gasteiger partial charge on any atom is -0.353 e. The van der Waals surface area contributed by atoms with Crippen LogP contribution in [0.15, 0.2) is 35.1 Å². The summed E-state index contributed by atoms with van der Waals surface area (Å²) in [6.07, 6.45) is 3.04. The Morgan fingerprint density at radius 3 is 2.57 bits per heavy atom. The largest absolute Gasteiger partial charge is 0.353 e. The third-order valence-corrected chi connectivity index (χ3v) is 4.06. The summed E-state index contributed by atoms with van der Waals surface area (Å²) in [5.41, 5.74) is 2.21. The Labute approximate surface area is 144 Å². The lowest BCUT2D eigenvalue weighted by atomic mass is 10.2. The minimum atomic E-state index is -0.230. The van der Waals surface area contributed by atoms with Crippen LogP contribution in [0, 0.1) is 6.92 Å². The predicted molar refractivity (Wildman–Crippen MR) is 95.9 cm³/mol. The number of hydrogen-bond donors (Lipinski definition) is 2. The molecular formula is C16H20BrN5O. The molecule has 0 spiro atoms. The zero-order valence-corrected chi connectivity index (χ0v) is 15.0. The van der Waals surface area contributed by atoms with Gasteiger partial charge in [-0.15, -0.1) is 0 Å². The molecule has 1 aromatic carbocycles. The van der Waals surface area contributed by atoms with Crippen molar-refractivity contribution in [1.29, 1.82) is 0 Å². The number of likely N-dealkylation sites (N-methyl/N-ethyl adjacent to an activating group) is 1. The Kier molecular flexibility index (Phi) is 6.06. The molecule has 23 heavy (non-hydrogen) atoms. The van der Waals surface area contributed by atoms with E-state index in [9.17, 15) is 4.79 Å². The highest BCUT2D eigenvalue weighted by atomic mass is 79.9. The molecule has 1 aromatic heterocycles. The predicted octanol–water partition coefficient (Wildman–Crippen LogP) is 2.77. The molecule has 1 heterocycles. The third-order valence-electron chi connectivity index (χ3n) is 3.17. The standard InChI is InChI=1S/C16H20BrN5O/c1-11-8-13(4-5-14(11)17)21-15(23)12-9-19-16(20-10-12)18-6-7-22(2)3/h4-5,8-10H,6-7H2,1-3H3,(H,21,23)(H,18,19,20). The first-order valence-corrected chi connectivity index (χ1v) is 8.03. The van der Waals surface area contributed by atoms with Crippen LogP contribution in [-0.2, 0) is 0 Å². The fourth-order valence-corrected chi connectivity index (χ4v) is 2.10. The van der Waals surface area contributed by atoms with Crippen molar-refractivity contribution in [1.82, 2.24) is 14.9 Å². The van der Waals surface area contributed by atoms with Gasteiger partial charge < -0.3 is 15.5 Å². The molecule has 0 bridgehead atoms. The van der Waals surface area contributed by atoms with Crippen molar-refractivity contribution in [3.63, 3.8) is 0 Å². The maximum Gasteiger partial charge on any atom is 0.258 e. The van der Waals surface area contributed by atoms with E-state index in [0.717, 1.165) is 28.8 Å². The van der Waals surface area contributed by atoms with Crippen LogP contribution in [0.1, 0.15) is 15.9 Å². The van der Waals surface area contributed by atoms with Gasteiger partial charge in [-0.05, 0) is 44.8 Å². The van der Waals surface area contributed by atoms with E-state index in [1.165, 1.54) is 12.4 Å². The van der Waals surface area contributed by atoms with Crippen LogP contribution < -0.4 is 10.6 Å². The highest BCUT2D eigenvalue weighted by Crippen LogP contribution is 2.20. The van der Waals surface area contributed by atoms with Gasteiger partial charge in [0.05, 0.1) is 5.56 Å². The summed E-state index contributed by atoms with van der Waals surface area (Å²) in [5, 5.41) is 5.94. The summed E-state index contributed by atoms with van der Waals surface area (Å²) < 4.78 is 1.01. The first-order chi connectivity index (χ1) is 11.0. The van der Waals surface area contributed by atoms with Crippen molar-refractivity contribution in [2.24, 2.45) is 0 Å². The van der Waals surface area contributed by atoms with Crippen LogP contribution >= 0.6 is 15.9 Å². The Hall–Kier alpha value is -1.99. The van der Waals surface area contributed by atoms with E-state index in [1.54, 1.807) is 0 Å². The third kappa shape index (κ3) is 5.30. The number of aromatic nitrogens is 2. The molecule has 0 saturated carbocycles. The van der Waals surface area contributed by atoms with Crippen LogP contribution in [0.2, 0.25) is 0 Å². The smallest absolute Gasteiger partial charge is 0.258 e. The molecule has 6 nitrogen and oxygen atoms in total. The molecule has 1 amide bonds. The molecule has 2 N–H and O–H groups in total. The van der Waals surface area contributed by atoms with Gasteiger partial charge in [-0.25, -0.2) is 9.97 Å². The van der Waals surface area contributed by atoms with E-state index in [1.807, 2.05) is 39.2 Å². The maximum absolute atomic E-state index is 12.2.